The largest absolute Gasteiger partial charge is 0.316 e. The van der Waals surface area contributed by atoms with Crippen molar-refractivity contribution in [3.63, 3.8) is 0 Å². The number of nitrogens with two attached hydrogens (primary N) is 1. The van der Waals surface area contributed by atoms with Crippen molar-refractivity contribution in [2.24, 2.45) is 5.73 Å². The highest BCUT2D eigenvalue weighted by Gasteiger charge is 2.35. The van der Waals surface area contributed by atoms with Crippen LogP contribution in [-0.2, 0) is 4.79 Å². The molecule has 1 unspecified atom stereocenters. The van der Waals surface area contributed by atoms with Crippen LogP contribution in [-0.4, -0.2) is 12.5 Å². The molecule has 0 saturated carbocycles. The Morgan fingerprint density at radius 1 is 1.14 bits per heavy atom. The van der Waals surface area contributed by atoms with E-state index in [0.717, 1.165) is 28.7 Å². The molecule has 0 bridgehead atoms. The molecule has 2 N–H and O–H groups in total. The normalized spacial score (nSPS) is 17.4. The van der Waals surface area contributed by atoms with Gasteiger partial charge in [-0.1, -0.05) is 67.4 Å². The van der Waals surface area contributed by atoms with Crippen LogP contribution in [0.4, 0.5) is 5.69 Å². The van der Waals surface area contributed by atoms with Crippen molar-refractivity contribution in [1.29, 1.82) is 0 Å². The molecule has 1 aromatic rings. The van der Waals surface area contributed by atoms with E-state index in [-0.39, 0.29) is 5.91 Å². The summed E-state index contributed by atoms with van der Waals surface area (Å²) in [6.07, 6.45) is 8.76. The molecule has 1 heterocycles. The third kappa shape index (κ3) is 3.86. The van der Waals surface area contributed by atoms with Gasteiger partial charge in [0, 0.05) is 16.6 Å². The Labute approximate surface area is 136 Å². The van der Waals surface area contributed by atoms with Crippen LogP contribution < -0.4 is 10.6 Å². The first kappa shape index (κ1) is 16.5. The number of benzene rings is 1. The summed E-state index contributed by atoms with van der Waals surface area (Å²) >= 11 is 3.50. The van der Waals surface area contributed by atoms with E-state index < -0.39 is 6.04 Å². The number of anilines is 1. The fourth-order valence-electron chi connectivity index (χ4n) is 2.94. The predicted molar refractivity (Wildman–Crippen MR) is 91.4 cm³/mol. The van der Waals surface area contributed by atoms with Crippen molar-refractivity contribution < 1.29 is 4.79 Å². The van der Waals surface area contributed by atoms with Crippen LogP contribution in [0.3, 0.4) is 0 Å². The second-order valence-electron chi connectivity index (χ2n) is 5.76. The van der Waals surface area contributed by atoms with Gasteiger partial charge < -0.3 is 10.6 Å². The molecule has 0 radical (unpaired) electrons. The zero-order valence-corrected chi connectivity index (χ0v) is 14.4. The second kappa shape index (κ2) is 7.95. The minimum atomic E-state index is -0.514. The number of nitrogens with zero attached hydrogens (tertiary/aromatic N) is 1. The standard InChI is InChI=1S/C17H25BrN2O/c1-2-3-4-5-6-7-8-12-20-14-11-9-10-13(18)15(14)16(19)17(20)21/h9-11,16H,2-8,12,19H2,1H3. The fourth-order valence-corrected chi connectivity index (χ4v) is 3.54. The first-order valence-electron chi connectivity index (χ1n) is 8.02. The van der Waals surface area contributed by atoms with Gasteiger partial charge in [-0.25, -0.2) is 0 Å². The molecule has 0 fully saturated rings. The predicted octanol–water partition coefficient (Wildman–Crippen LogP) is 4.55. The molecule has 0 spiro atoms. The van der Waals surface area contributed by atoms with E-state index in [1.807, 2.05) is 23.1 Å². The lowest BCUT2D eigenvalue weighted by Gasteiger charge is -2.17. The Bertz CT molecular complexity index is 490. The fraction of sp³-hybridized carbons (Fsp3) is 0.588. The molecule has 1 amide bonds. The quantitative estimate of drug-likeness (QED) is 0.697. The minimum absolute atomic E-state index is 0.0304. The van der Waals surface area contributed by atoms with Gasteiger partial charge in [0.2, 0.25) is 5.91 Å². The summed E-state index contributed by atoms with van der Waals surface area (Å²) in [6, 6.07) is 5.39. The maximum atomic E-state index is 12.3. The van der Waals surface area contributed by atoms with Gasteiger partial charge in [-0.2, -0.15) is 0 Å². The van der Waals surface area contributed by atoms with Gasteiger partial charge in [0.15, 0.2) is 0 Å². The van der Waals surface area contributed by atoms with Crippen molar-refractivity contribution >= 4 is 27.5 Å². The number of rotatable bonds is 8. The van der Waals surface area contributed by atoms with Gasteiger partial charge in [0.1, 0.15) is 6.04 Å². The van der Waals surface area contributed by atoms with Crippen molar-refractivity contribution in [2.45, 2.75) is 57.9 Å². The molecule has 0 saturated heterocycles. The molecular formula is C17H25BrN2O. The smallest absolute Gasteiger partial charge is 0.248 e. The number of hydrogen-bond donors (Lipinski definition) is 1. The molecule has 0 aromatic heterocycles. The Morgan fingerprint density at radius 2 is 1.81 bits per heavy atom. The molecule has 1 atom stereocenters. The van der Waals surface area contributed by atoms with Crippen LogP contribution in [0.5, 0.6) is 0 Å². The molecule has 116 valence electrons. The maximum Gasteiger partial charge on any atom is 0.248 e. The molecule has 0 aliphatic carbocycles. The van der Waals surface area contributed by atoms with E-state index in [1.165, 1.54) is 38.5 Å². The average molecular weight is 353 g/mol. The molecule has 1 aliphatic heterocycles. The van der Waals surface area contributed by atoms with Gasteiger partial charge in [-0.05, 0) is 18.6 Å². The number of hydrogen-bond acceptors (Lipinski definition) is 2. The number of unbranched alkanes of at least 4 members (excludes halogenated alkanes) is 6. The summed E-state index contributed by atoms with van der Waals surface area (Å²) < 4.78 is 0.933. The summed E-state index contributed by atoms with van der Waals surface area (Å²) in [5.74, 6) is 0.0304. The average Bonchev–Trinajstić information content (AvgIpc) is 2.72. The highest BCUT2D eigenvalue weighted by molar-refractivity contribution is 9.10. The van der Waals surface area contributed by atoms with Gasteiger partial charge >= 0.3 is 0 Å². The zero-order valence-electron chi connectivity index (χ0n) is 12.8. The van der Waals surface area contributed by atoms with E-state index >= 15 is 0 Å². The van der Waals surface area contributed by atoms with Crippen LogP contribution >= 0.6 is 15.9 Å². The lowest BCUT2D eigenvalue weighted by molar-refractivity contribution is -0.119. The monoisotopic (exact) mass is 352 g/mol. The maximum absolute atomic E-state index is 12.3. The second-order valence-corrected chi connectivity index (χ2v) is 6.62. The van der Waals surface area contributed by atoms with E-state index in [4.69, 9.17) is 5.73 Å². The Hall–Kier alpha value is -0.870. The van der Waals surface area contributed by atoms with E-state index in [1.54, 1.807) is 0 Å². The molecular weight excluding hydrogens is 328 g/mol. The minimum Gasteiger partial charge on any atom is -0.316 e. The van der Waals surface area contributed by atoms with Crippen LogP contribution in [0.15, 0.2) is 22.7 Å². The van der Waals surface area contributed by atoms with Crippen LogP contribution in [0, 0.1) is 0 Å². The number of halogens is 1. The number of amides is 1. The summed E-state index contributed by atoms with van der Waals surface area (Å²) in [6.45, 7) is 3.02. The summed E-state index contributed by atoms with van der Waals surface area (Å²) in [5.41, 5.74) is 7.96. The lowest BCUT2D eigenvalue weighted by Crippen LogP contribution is -2.32. The summed E-state index contributed by atoms with van der Waals surface area (Å²) in [5, 5.41) is 0. The lowest BCUT2D eigenvalue weighted by atomic mass is 10.1. The Balaban J connectivity index is 1.85. The number of carbonyl (C=O) groups excluding carboxylic acids is 1. The Morgan fingerprint density at radius 3 is 2.52 bits per heavy atom. The van der Waals surface area contributed by atoms with Crippen LogP contribution in [0.25, 0.3) is 0 Å². The highest BCUT2D eigenvalue weighted by Crippen LogP contribution is 2.39. The van der Waals surface area contributed by atoms with Crippen molar-refractivity contribution in [3.8, 4) is 0 Å². The van der Waals surface area contributed by atoms with Crippen molar-refractivity contribution in [3.05, 3.63) is 28.2 Å². The summed E-state index contributed by atoms with van der Waals surface area (Å²) in [7, 11) is 0. The Kier molecular flexibility index (Phi) is 6.24. The number of fused-ring (bicyclic) bond motifs is 1. The third-order valence-electron chi connectivity index (χ3n) is 4.15. The van der Waals surface area contributed by atoms with Crippen LogP contribution in [0.1, 0.15) is 63.5 Å². The molecule has 1 aromatic carbocycles. The molecule has 1 aliphatic rings. The zero-order chi connectivity index (χ0) is 15.2. The SMILES string of the molecule is CCCCCCCCCN1C(=O)C(N)c2c(Br)cccc21. The third-order valence-corrected chi connectivity index (χ3v) is 4.84. The first-order chi connectivity index (χ1) is 10.2. The van der Waals surface area contributed by atoms with E-state index in [9.17, 15) is 4.79 Å². The highest BCUT2D eigenvalue weighted by atomic mass is 79.9. The topological polar surface area (TPSA) is 46.3 Å². The van der Waals surface area contributed by atoms with Gasteiger partial charge in [-0.3, -0.25) is 4.79 Å². The van der Waals surface area contributed by atoms with E-state index in [0.29, 0.717) is 0 Å². The molecule has 3 nitrogen and oxygen atoms in total. The van der Waals surface area contributed by atoms with Crippen molar-refractivity contribution in [1.82, 2.24) is 0 Å². The molecule has 21 heavy (non-hydrogen) atoms. The first-order valence-corrected chi connectivity index (χ1v) is 8.81. The number of carbonyl (C=O) groups is 1. The molecule has 4 heteroatoms. The van der Waals surface area contributed by atoms with Crippen molar-refractivity contribution in [2.75, 3.05) is 11.4 Å². The van der Waals surface area contributed by atoms with Gasteiger partial charge in [0.05, 0.1) is 5.69 Å². The molecule has 2 rings (SSSR count). The van der Waals surface area contributed by atoms with Gasteiger partial charge in [-0.15, -0.1) is 0 Å². The van der Waals surface area contributed by atoms with Gasteiger partial charge in [0.25, 0.3) is 0 Å². The van der Waals surface area contributed by atoms with Crippen LogP contribution in [0.2, 0.25) is 0 Å². The summed E-state index contributed by atoms with van der Waals surface area (Å²) in [4.78, 5) is 14.2. The van der Waals surface area contributed by atoms with E-state index in [2.05, 4.69) is 22.9 Å².